The number of nitrogens with one attached hydrogen (secondary N) is 1. The van der Waals surface area contributed by atoms with Crippen molar-refractivity contribution >= 4 is 0 Å². The van der Waals surface area contributed by atoms with Crippen LogP contribution in [0.4, 0.5) is 0 Å². The minimum Gasteiger partial charge on any atom is -0.271 e. The third-order valence-electron chi connectivity index (χ3n) is 0.925. The lowest BCUT2D eigenvalue weighted by Crippen LogP contribution is -2.22. The molecule has 62 valence electrons. The summed E-state index contributed by atoms with van der Waals surface area (Å²) in [5, 5.41) is 0. The molecular weight excluding hydrogens is 124 g/mol. The van der Waals surface area contributed by atoms with E-state index in [0.29, 0.717) is 0 Å². The molecule has 0 spiro atoms. The number of rotatable bonds is 4. The van der Waals surface area contributed by atoms with Crippen LogP contribution in [0.1, 0.15) is 33.1 Å². The molecule has 0 fully saturated rings. The lowest BCUT2D eigenvalue weighted by atomic mass is 10.3. The topological polar surface area (TPSA) is 38.0 Å². The highest BCUT2D eigenvalue weighted by Crippen LogP contribution is 1.89. The Morgan fingerprint density at radius 1 is 1.50 bits per heavy atom. The van der Waals surface area contributed by atoms with E-state index in [2.05, 4.69) is 18.9 Å². The summed E-state index contributed by atoms with van der Waals surface area (Å²) in [6, 6.07) is 0. The van der Waals surface area contributed by atoms with Crippen LogP contribution in [-0.4, -0.2) is 6.54 Å². The summed E-state index contributed by atoms with van der Waals surface area (Å²) in [5.74, 6) is 5.02. The maximum atomic E-state index is 5.02. The summed E-state index contributed by atoms with van der Waals surface area (Å²) >= 11 is 0. The van der Waals surface area contributed by atoms with Crippen molar-refractivity contribution in [1.82, 2.24) is 5.43 Å². The smallest absolute Gasteiger partial charge is 0.00974 e. The van der Waals surface area contributed by atoms with E-state index in [1.54, 1.807) is 6.08 Å². The Labute approximate surface area is 64.5 Å². The van der Waals surface area contributed by atoms with Crippen molar-refractivity contribution < 1.29 is 0 Å². The first-order valence-corrected chi connectivity index (χ1v) is 3.83. The van der Waals surface area contributed by atoms with E-state index < -0.39 is 0 Å². The predicted octanol–water partition coefficient (Wildman–Crippen LogP) is 1.83. The number of hydrazine groups is 1. The SMILES string of the molecule is C=CC.CCCCCNN. The molecule has 3 N–H and O–H groups in total. The fourth-order valence-corrected chi connectivity index (χ4v) is 0.477. The van der Waals surface area contributed by atoms with E-state index in [9.17, 15) is 0 Å². The Morgan fingerprint density at radius 2 is 2.00 bits per heavy atom. The molecule has 2 heteroatoms. The summed E-state index contributed by atoms with van der Waals surface area (Å²) in [6.07, 6.45) is 5.50. The average Bonchev–Trinajstić information content (AvgIpc) is 1.91. The summed E-state index contributed by atoms with van der Waals surface area (Å²) in [5.41, 5.74) is 2.60. The highest BCUT2D eigenvalue weighted by Gasteiger charge is 1.79. The largest absolute Gasteiger partial charge is 0.271 e. The molecule has 10 heavy (non-hydrogen) atoms. The van der Waals surface area contributed by atoms with Crippen LogP contribution >= 0.6 is 0 Å². The van der Waals surface area contributed by atoms with E-state index in [-0.39, 0.29) is 0 Å². The molecule has 0 saturated carbocycles. The zero-order valence-corrected chi connectivity index (χ0v) is 7.19. The van der Waals surface area contributed by atoms with Crippen LogP contribution in [-0.2, 0) is 0 Å². The standard InChI is InChI=1S/C5H14N2.C3H6/c1-2-3-4-5-7-6;1-3-2/h7H,2-6H2,1H3;3H,1H2,2H3. The van der Waals surface area contributed by atoms with Crippen LogP contribution in [0, 0.1) is 0 Å². The second-order valence-corrected chi connectivity index (χ2v) is 2.07. The zero-order chi connectivity index (χ0) is 8.24. The number of unbranched alkanes of at least 4 members (excludes halogenated alkanes) is 2. The second-order valence-electron chi connectivity index (χ2n) is 2.07. The minimum absolute atomic E-state index is 0.952. The summed E-state index contributed by atoms with van der Waals surface area (Å²) in [7, 11) is 0. The fourth-order valence-electron chi connectivity index (χ4n) is 0.477. The molecule has 0 aliphatic rings. The summed E-state index contributed by atoms with van der Waals surface area (Å²) < 4.78 is 0. The molecule has 0 aromatic heterocycles. The van der Waals surface area contributed by atoms with Crippen molar-refractivity contribution in [2.75, 3.05) is 6.54 Å². The van der Waals surface area contributed by atoms with Gasteiger partial charge in [0.05, 0.1) is 0 Å². The first-order chi connectivity index (χ1) is 4.83. The van der Waals surface area contributed by atoms with E-state index in [1.165, 1.54) is 19.3 Å². The average molecular weight is 144 g/mol. The van der Waals surface area contributed by atoms with E-state index in [4.69, 9.17) is 5.84 Å². The van der Waals surface area contributed by atoms with Crippen LogP contribution in [0.2, 0.25) is 0 Å². The van der Waals surface area contributed by atoms with Gasteiger partial charge in [0.1, 0.15) is 0 Å². The lowest BCUT2D eigenvalue weighted by Gasteiger charge is -1.93. The Bertz CT molecular complexity index is 49.2. The van der Waals surface area contributed by atoms with Crippen molar-refractivity contribution in [3.05, 3.63) is 12.7 Å². The molecule has 0 saturated heterocycles. The molecule has 0 aliphatic carbocycles. The van der Waals surface area contributed by atoms with Gasteiger partial charge in [0.2, 0.25) is 0 Å². The van der Waals surface area contributed by atoms with E-state index in [0.717, 1.165) is 6.54 Å². The Kier molecular flexibility index (Phi) is 19.6. The van der Waals surface area contributed by atoms with Gasteiger partial charge in [0, 0.05) is 6.54 Å². The molecule has 0 amide bonds. The van der Waals surface area contributed by atoms with Crippen LogP contribution < -0.4 is 11.3 Å². The summed E-state index contributed by atoms with van der Waals surface area (Å²) in [6.45, 7) is 8.38. The van der Waals surface area contributed by atoms with Crippen molar-refractivity contribution in [3.63, 3.8) is 0 Å². The van der Waals surface area contributed by atoms with Gasteiger partial charge >= 0.3 is 0 Å². The fraction of sp³-hybridized carbons (Fsp3) is 0.750. The molecule has 2 nitrogen and oxygen atoms in total. The maximum absolute atomic E-state index is 5.02. The van der Waals surface area contributed by atoms with Crippen LogP contribution in [0.15, 0.2) is 12.7 Å². The highest BCUT2D eigenvalue weighted by molar-refractivity contribution is 4.51. The molecular formula is C8H20N2. The molecule has 0 aliphatic heterocycles. The molecule has 0 heterocycles. The number of allylic oxidation sites excluding steroid dienone is 1. The molecule has 0 rings (SSSR count). The van der Waals surface area contributed by atoms with Crippen molar-refractivity contribution in [2.45, 2.75) is 33.1 Å². The van der Waals surface area contributed by atoms with Gasteiger partial charge in [-0.1, -0.05) is 25.8 Å². The van der Waals surface area contributed by atoms with E-state index in [1.807, 2.05) is 6.92 Å². The van der Waals surface area contributed by atoms with E-state index >= 15 is 0 Å². The first kappa shape index (κ1) is 12.3. The number of hydrogen-bond donors (Lipinski definition) is 2. The van der Waals surface area contributed by atoms with Crippen LogP contribution in [0.5, 0.6) is 0 Å². The maximum Gasteiger partial charge on any atom is 0.00974 e. The van der Waals surface area contributed by atoms with Gasteiger partial charge in [-0.2, -0.15) is 0 Å². The highest BCUT2D eigenvalue weighted by atomic mass is 15.2. The Morgan fingerprint density at radius 3 is 2.30 bits per heavy atom. The molecule has 0 bridgehead atoms. The molecule has 0 atom stereocenters. The third-order valence-corrected chi connectivity index (χ3v) is 0.925. The van der Waals surface area contributed by atoms with Crippen LogP contribution in [0.25, 0.3) is 0 Å². The van der Waals surface area contributed by atoms with Gasteiger partial charge in [-0.25, -0.2) is 0 Å². The van der Waals surface area contributed by atoms with Gasteiger partial charge in [-0.3, -0.25) is 11.3 Å². The monoisotopic (exact) mass is 144 g/mol. The molecule has 0 aromatic carbocycles. The normalized spacial score (nSPS) is 7.90. The third kappa shape index (κ3) is 25.4. The van der Waals surface area contributed by atoms with Crippen LogP contribution in [0.3, 0.4) is 0 Å². The Hall–Kier alpha value is -0.340. The Balaban J connectivity index is 0. The van der Waals surface area contributed by atoms with Gasteiger partial charge in [0.25, 0.3) is 0 Å². The lowest BCUT2D eigenvalue weighted by molar-refractivity contribution is 0.637. The van der Waals surface area contributed by atoms with Gasteiger partial charge in [-0.05, 0) is 13.3 Å². The van der Waals surface area contributed by atoms with Crippen molar-refractivity contribution in [1.29, 1.82) is 0 Å². The van der Waals surface area contributed by atoms with Crippen molar-refractivity contribution in [2.24, 2.45) is 5.84 Å². The second kappa shape index (κ2) is 15.9. The predicted molar refractivity (Wildman–Crippen MR) is 47.6 cm³/mol. The molecule has 0 unspecified atom stereocenters. The molecule has 0 radical (unpaired) electrons. The number of hydrogen-bond acceptors (Lipinski definition) is 2. The van der Waals surface area contributed by atoms with Gasteiger partial charge in [-0.15, -0.1) is 6.58 Å². The van der Waals surface area contributed by atoms with Gasteiger partial charge in [0.15, 0.2) is 0 Å². The first-order valence-electron chi connectivity index (χ1n) is 3.83. The zero-order valence-electron chi connectivity index (χ0n) is 7.19. The number of nitrogens with two attached hydrogens (primary N) is 1. The summed E-state index contributed by atoms with van der Waals surface area (Å²) in [4.78, 5) is 0. The minimum atomic E-state index is 0.952. The van der Waals surface area contributed by atoms with Gasteiger partial charge < -0.3 is 0 Å². The molecule has 0 aromatic rings. The quantitative estimate of drug-likeness (QED) is 0.273. The van der Waals surface area contributed by atoms with Crippen molar-refractivity contribution in [3.8, 4) is 0 Å².